The van der Waals surface area contributed by atoms with Crippen molar-refractivity contribution >= 4 is 34.7 Å². The lowest BCUT2D eigenvalue weighted by Gasteiger charge is -2.37. The van der Waals surface area contributed by atoms with E-state index in [1.54, 1.807) is 18.3 Å². The lowest BCUT2D eigenvalue weighted by atomic mass is 9.97. The van der Waals surface area contributed by atoms with Gasteiger partial charge in [0.25, 0.3) is 6.01 Å². The minimum Gasteiger partial charge on any atom is -0.508 e. The van der Waals surface area contributed by atoms with Gasteiger partial charge in [-0.25, -0.2) is 14.8 Å². The van der Waals surface area contributed by atoms with Crippen LogP contribution in [0.25, 0.3) is 11.1 Å². The Morgan fingerprint density at radius 3 is 2.96 bits per heavy atom. The number of nitrogens with zero attached hydrogens (tertiary/aromatic N) is 4. The minimum atomic E-state index is -0.616. The van der Waals surface area contributed by atoms with Crippen LogP contribution < -0.4 is 4.90 Å². The molecule has 1 aliphatic rings. The fourth-order valence-electron chi connectivity index (χ4n) is 2.67. The molecule has 1 saturated heterocycles. The zero-order valence-electron chi connectivity index (χ0n) is 13.1. The van der Waals surface area contributed by atoms with Crippen LogP contribution in [0.5, 0.6) is 5.75 Å². The molecule has 1 N–H and O–H groups in total. The van der Waals surface area contributed by atoms with Crippen LogP contribution in [0.4, 0.5) is 6.01 Å². The first-order valence-corrected chi connectivity index (χ1v) is 7.88. The van der Waals surface area contributed by atoms with Crippen LogP contribution in [-0.4, -0.2) is 46.2 Å². The number of oxazole rings is 1. The van der Waals surface area contributed by atoms with E-state index < -0.39 is 5.97 Å². The topological polar surface area (TPSA) is 102 Å². The third-order valence-corrected chi connectivity index (χ3v) is 4.33. The molecular formula is C16H13ClN4O4. The van der Waals surface area contributed by atoms with Crippen molar-refractivity contribution in [2.24, 2.45) is 0 Å². The van der Waals surface area contributed by atoms with E-state index >= 15 is 0 Å². The summed E-state index contributed by atoms with van der Waals surface area (Å²) in [7, 11) is 1.27. The normalized spacial score (nSPS) is 14.6. The van der Waals surface area contributed by atoms with E-state index in [9.17, 15) is 9.90 Å². The molecular weight excluding hydrogens is 348 g/mol. The number of aromatic nitrogens is 3. The highest BCUT2D eigenvalue weighted by Crippen LogP contribution is 2.33. The first kappa shape index (κ1) is 15.6. The molecule has 9 heteroatoms. The van der Waals surface area contributed by atoms with Gasteiger partial charge in [-0.2, -0.15) is 4.98 Å². The minimum absolute atomic E-state index is 0.0115. The van der Waals surface area contributed by atoms with Gasteiger partial charge in [0.2, 0.25) is 0 Å². The molecule has 1 aliphatic heterocycles. The van der Waals surface area contributed by atoms with Gasteiger partial charge in [0, 0.05) is 25.1 Å². The SMILES string of the molecule is COC(=O)c1nc(C2CN(c3nc4ccc(O)cc4o3)C2)cnc1Cl. The lowest BCUT2D eigenvalue weighted by molar-refractivity contribution is 0.0593. The summed E-state index contributed by atoms with van der Waals surface area (Å²) in [6.07, 6.45) is 1.56. The number of aromatic hydroxyl groups is 1. The molecule has 1 aromatic carbocycles. The van der Waals surface area contributed by atoms with Crippen molar-refractivity contribution in [2.45, 2.75) is 5.92 Å². The number of anilines is 1. The van der Waals surface area contributed by atoms with Crippen molar-refractivity contribution in [1.29, 1.82) is 0 Å². The number of phenols is 1. The summed E-state index contributed by atoms with van der Waals surface area (Å²) in [4.78, 5) is 26.3. The standard InChI is InChI=1S/C16H13ClN4O4/c1-24-15(23)13-14(17)18-5-11(19-13)8-6-21(7-8)16-20-10-3-2-9(22)4-12(10)25-16/h2-5,8,22H,6-7H2,1H3. The van der Waals surface area contributed by atoms with E-state index in [2.05, 4.69) is 19.7 Å². The maximum Gasteiger partial charge on any atom is 0.359 e. The zero-order valence-corrected chi connectivity index (χ0v) is 13.9. The molecule has 8 nitrogen and oxygen atoms in total. The van der Waals surface area contributed by atoms with Gasteiger partial charge in [0.1, 0.15) is 11.3 Å². The van der Waals surface area contributed by atoms with E-state index in [-0.39, 0.29) is 22.5 Å². The average molecular weight is 361 g/mol. The summed E-state index contributed by atoms with van der Waals surface area (Å²) in [5.74, 6) is -0.408. The van der Waals surface area contributed by atoms with Crippen molar-refractivity contribution in [3.63, 3.8) is 0 Å². The van der Waals surface area contributed by atoms with Gasteiger partial charge in [-0.3, -0.25) is 0 Å². The van der Waals surface area contributed by atoms with E-state index in [1.165, 1.54) is 13.2 Å². The summed E-state index contributed by atoms with van der Waals surface area (Å²) in [6, 6.07) is 5.26. The monoisotopic (exact) mass is 360 g/mol. The Morgan fingerprint density at radius 1 is 1.40 bits per heavy atom. The summed E-state index contributed by atoms with van der Waals surface area (Å²) in [5, 5.41) is 9.51. The van der Waals surface area contributed by atoms with E-state index in [1.807, 2.05) is 4.90 Å². The third kappa shape index (κ3) is 2.74. The lowest BCUT2D eigenvalue weighted by Crippen LogP contribution is -2.45. The second-order valence-electron chi connectivity index (χ2n) is 5.68. The Balaban J connectivity index is 1.52. The quantitative estimate of drug-likeness (QED) is 0.710. The predicted octanol–water partition coefficient (Wildman–Crippen LogP) is 2.37. The van der Waals surface area contributed by atoms with Crippen molar-refractivity contribution < 1.29 is 19.1 Å². The number of phenolic OH excluding ortho intramolecular Hbond substituents is 1. The van der Waals surface area contributed by atoms with Gasteiger partial charge in [-0.1, -0.05) is 11.6 Å². The van der Waals surface area contributed by atoms with Crippen LogP contribution in [0.2, 0.25) is 5.15 Å². The molecule has 128 valence electrons. The number of hydrogen-bond donors (Lipinski definition) is 1. The maximum atomic E-state index is 11.7. The summed E-state index contributed by atoms with van der Waals surface area (Å²) in [5.41, 5.74) is 1.88. The molecule has 0 amide bonds. The Morgan fingerprint density at radius 2 is 2.20 bits per heavy atom. The molecule has 0 saturated carbocycles. The van der Waals surface area contributed by atoms with Crippen molar-refractivity contribution in [3.8, 4) is 5.75 Å². The number of carbonyl (C=O) groups is 1. The number of fused-ring (bicyclic) bond motifs is 1. The number of methoxy groups -OCH3 is 1. The number of rotatable bonds is 3. The van der Waals surface area contributed by atoms with Gasteiger partial charge >= 0.3 is 5.97 Å². The first-order chi connectivity index (χ1) is 12.0. The Kier molecular flexibility index (Phi) is 3.69. The van der Waals surface area contributed by atoms with Crippen LogP contribution in [0.1, 0.15) is 22.1 Å². The van der Waals surface area contributed by atoms with Crippen LogP contribution in [0.3, 0.4) is 0 Å². The van der Waals surface area contributed by atoms with Crippen molar-refractivity contribution in [1.82, 2.24) is 15.0 Å². The molecule has 1 fully saturated rings. The van der Waals surface area contributed by atoms with Gasteiger partial charge in [-0.05, 0) is 12.1 Å². The molecule has 0 atom stereocenters. The van der Waals surface area contributed by atoms with Crippen LogP contribution >= 0.6 is 11.6 Å². The fourth-order valence-corrected chi connectivity index (χ4v) is 2.84. The summed E-state index contributed by atoms with van der Waals surface area (Å²) < 4.78 is 10.3. The second-order valence-corrected chi connectivity index (χ2v) is 6.03. The summed E-state index contributed by atoms with van der Waals surface area (Å²) >= 11 is 5.89. The molecule has 3 heterocycles. The number of hydrogen-bond acceptors (Lipinski definition) is 8. The molecule has 0 unspecified atom stereocenters. The zero-order chi connectivity index (χ0) is 17.6. The van der Waals surface area contributed by atoms with Crippen molar-refractivity contribution in [3.05, 3.63) is 40.9 Å². The van der Waals surface area contributed by atoms with Crippen molar-refractivity contribution in [2.75, 3.05) is 25.1 Å². The van der Waals surface area contributed by atoms with E-state index in [0.717, 1.165) is 0 Å². The Hall–Kier alpha value is -2.87. The number of carbonyl (C=O) groups excluding carboxylic acids is 1. The highest BCUT2D eigenvalue weighted by Gasteiger charge is 2.33. The number of benzene rings is 1. The molecule has 25 heavy (non-hydrogen) atoms. The second kappa shape index (κ2) is 5.89. The van der Waals surface area contributed by atoms with Gasteiger partial charge < -0.3 is 19.2 Å². The number of esters is 1. The predicted molar refractivity (Wildman–Crippen MR) is 89.0 cm³/mol. The Labute approximate surface area is 147 Å². The highest BCUT2D eigenvalue weighted by molar-refractivity contribution is 6.32. The number of halogens is 1. The third-order valence-electron chi connectivity index (χ3n) is 4.06. The largest absolute Gasteiger partial charge is 0.508 e. The number of ether oxygens (including phenoxy) is 1. The van der Waals surface area contributed by atoms with Gasteiger partial charge in [0.15, 0.2) is 16.4 Å². The molecule has 0 aliphatic carbocycles. The highest BCUT2D eigenvalue weighted by atomic mass is 35.5. The smallest absolute Gasteiger partial charge is 0.359 e. The molecule has 4 rings (SSSR count). The molecule has 3 aromatic rings. The first-order valence-electron chi connectivity index (χ1n) is 7.50. The summed E-state index contributed by atoms with van der Waals surface area (Å²) in [6.45, 7) is 1.24. The molecule has 0 radical (unpaired) electrons. The maximum absolute atomic E-state index is 11.7. The Bertz CT molecular complexity index is 968. The van der Waals surface area contributed by atoms with Gasteiger partial charge in [-0.15, -0.1) is 0 Å². The van der Waals surface area contributed by atoms with Gasteiger partial charge in [0.05, 0.1) is 19.0 Å². The van der Waals surface area contributed by atoms with E-state index in [0.29, 0.717) is 35.9 Å². The van der Waals surface area contributed by atoms with Crippen LogP contribution in [0.15, 0.2) is 28.8 Å². The molecule has 0 bridgehead atoms. The average Bonchev–Trinajstić information content (AvgIpc) is 2.96. The van der Waals surface area contributed by atoms with E-state index in [4.69, 9.17) is 16.0 Å². The fraction of sp³-hybridized carbons (Fsp3) is 0.250. The molecule has 2 aromatic heterocycles. The van der Waals surface area contributed by atoms with Crippen LogP contribution in [0, 0.1) is 0 Å². The molecule has 0 spiro atoms. The van der Waals surface area contributed by atoms with Crippen LogP contribution in [-0.2, 0) is 4.74 Å².